The Hall–Kier alpha value is -2.52. The van der Waals surface area contributed by atoms with Gasteiger partial charge in [-0.3, -0.25) is 9.59 Å². The molecule has 3 heterocycles. The van der Waals surface area contributed by atoms with Crippen molar-refractivity contribution in [2.45, 2.75) is 57.3 Å². The molecule has 7 nitrogen and oxygen atoms in total. The maximum absolute atomic E-state index is 14.6. The quantitative estimate of drug-likeness (QED) is 0.363. The summed E-state index contributed by atoms with van der Waals surface area (Å²) in [5.41, 5.74) is 2.39. The minimum Gasteiger partial charge on any atom is -0.347 e. The molecule has 224 valence electrons. The number of thioether (sulfide) groups is 1. The van der Waals surface area contributed by atoms with Gasteiger partial charge in [-0.2, -0.15) is 0 Å². The molecule has 2 aromatic carbocycles. The molecule has 0 unspecified atom stereocenters. The lowest BCUT2D eigenvalue weighted by atomic mass is 9.81. The summed E-state index contributed by atoms with van der Waals surface area (Å²) in [7, 11) is 7.52. The number of amides is 2. The third-order valence-corrected chi connectivity index (χ3v) is 9.97. The Kier molecular flexibility index (Phi) is 8.74. The summed E-state index contributed by atoms with van der Waals surface area (Å²) in [6.45, 7) is 7.07. The number of nitrogens with zero attached hydrogens (tertiary/aromatic N) is 5. The first kappa shape index (κ1) is 30.9. The van der Waals surface area contributed by atoms with E-state index in [2.05, 4.69) is 30.6 Å². The van der Waals surface area contributed by atoms with E-state index in [1.807, 2.05) is 67.5 Å². The number of likely N-dealkylation sites (tertiary alicyclic amines) is 1. The molecule has 10 heteroatoms. The molecule has 42 heavy (non-hydrogen) atoms. The van der Waals surface area contributed by atoms with Gasteiger partial charge in [0.05, 0.1) is 6.04 Å². The molecule has 1 fully saturated rings. The maximum atomic E-state index is 14.6. The van der Waals surface area contributed by atoms with Crippen molar-refractivity contribution >= 4 is 51.9 Å². The Morgan fingerprint density at radius 3 is 2.14 bits per heavy atom. The second-order valence-corrected chi connectivity index (χ2v) is 14.1. The van der Waals surface area contributed by atoms with E-state index in [1.54, 1.807) is 19.0 Å². The smallest absolute Gasteiger partial charge is 0.263 e. The van der Waals surface area contributed by atoms with Gasteiger partial charge in [-0.05, 0) is 86.9 Å². The van der Waals surface area contributed by atoms with E-state index in [4.69, 9.17) is 28.2 Å². The number of carbonyl (C=O) groups is 2. The van der Waals surface area contributed by atoms with Crippen molar-refractivity contribution in [2.75, 3.05) is 34.7 Å². The summed E-state index contributed by atoms with van der Waals surface area (Å²) in [4.78, 5) is 41.7. The zero-order valence-corrected chi connectivity index (χ0v) is 27.6. The number of amidine groups is 1. The molecule has 3 aliphatic heterocycles. The number of halogens is 2. The highest BCUT2D eigenvalue weighted by atomic mass is 35.5. The summed E-state index contributed by atoms with van der Waals surface area (Å²) in [6, 6.07) is 15.0. The number of carbonyl (C=O) groups excluding carboxylic acids is 2. The summed E-state index contributed by atoms with van der Waals surface area (Å²) in [6.07, 6.45) is 1.44. The van der Waals surface area contributed by atoms with Gasteiger partial charge in [-0.25, -0.2) is 4.99 Å². The van der Waals surface area contributed by atoms with Gasteiger partial charge in [0.25, 0.3) is 5.91 Å². The number of benzene rings is 2. The van der Waals surface area contributed by atoms with Gasteiger partial charge in [-0.15, -0.1) is 0 Å². The fourth-order valence-corrected chi connectivity index (χ4v) is 8.12. The van der Waals surface area contributed by atoms with Crippen LogP contribution in [0.25, 0.3) is 0 Å². The van der Waals surface area contributed by atoms with Crippen LogP contribution in [0, 0.1) is 5.92 Å². The summed E-state index contributed by atoms with van der Waals surface area (Å²) >= 11 is 14.0. The average molecular weight is 629 g/mol. The number of aliphatic imine (C=N–C) groups is 1. The van der Waals surface area contributed by atoms with E-state index in [-0.39, 0.29) is 29.8 Å². The zero-order valence-electron chi connectivity index (χ0n) is 25.3. The van der Waals surface area contributed by atoms with Crippen LogP contribution in [0.3, 0.4) is 0 Å². The van der Waals surface area contributed by atoms with Gasteiger partial charge in [0.2, 0.25) is 5.91 Å². The van der Waals surface area contributed by atoms with Gasteiger partial charge in [0.15, 0.2) is 5.17 Å². The Labute approximate surface area is 263 Å². The Bertz CT molecular complexity index is 1420. The molecule has 0 radical (unpaired) electrons. The summed E-state index contributed by atoms with van der Waals surface area (Å²) in [5, 5.41) is 2.12. The highest BCUT2D eigenvalue weighted by Crippen LogP contribution is 2.56. The van der Waals surface area contributed by atoms with Crippen LogP contribution in [0.15, 0.2) is 64.1 Å². The number of rotatable bonds is 7. The number of allylic oxidation sites excluding steroid dienone is 1. The van der Waals surface area contributed by atoms with Crippen LogP contribution in [0.1, 0.15) is 50.8 Å². The Balaban J connectivity index is 1.62. The molecule has 0 aliphatic carbocycles. The van der Waals surface area contributed by atoms with E-state index < -0.39 is 11.6 Å². The number of hydrogen-bond acceptors (Lipinski definition) is 6. The first-order valence-corrected chi connectivity index (χ1v) is 15.9. The molecule has 2 amide bonds. The van der Waals surface area contributed by atoms with Crippen LogP contribution in [0.2, 0.25) is 10.0 Å². The van der Waals surface area contributed by atoms with Crippen LogP contribution in [-0.2, 0) is 15.1 Å². The van der Waals surface area contributed by atoms with E-state index in [0.717, 1.165) is 28.4 Å². The van der Waals surface area contributed by atoms with Crippen LogP contribution in [0.5, 0.6) is 0 Å². The molecule has 0 N–H and O–H groups in total. The van der Waals surface area contributed by atoms with E-state index in [0.29, 0.717) is 27.9 Å². The largest absolute Gasteiger partial charge is 0.347 e. The second kappa shape index (κ2) is 11.9. The third-order valence-electron chi connectivity index (χ3n) is 8.40. The molecule has 0 spiro atoms. The van der Waals surface area contributed by atoms with Crippen molar-refractivity contribution in [3.05, 3.63) is 80.3 Å². The lowest BCUT2D eigenvalue weighted by Gasteiger charge is -2.37. The number of hydrogen-bond donors (Lipinski definition) is 0. The highest BCUT2D eigenvalue weighted by molar-refractivity contribution is 8.18. The monoisotopic (exact) mass is 627 g/mol. The molecule has 0 aromatic heterocycles. The minimum absolute atomic E-state index is 0.0319. The predicted octanol–water partition coefficient (Wildman–Crippen LogP) is 6.25. The lowest BCUT2D eigenvalue weighted by Crippen LogP contribution is -2.51. The molecule has 2 aromatic rings. The van der Waals surface area contributed by atoms with Crippen molar-refractivity contribution in [2.24, 2.45) is 10.9 Å². The predicted molar refractivity (Wildman–Crippen MR) is 173 cm³/mol. The minimum atomic E-state index is -0.639. The summed E-state index contributed by atoms with van der Waals surface area (Å²) in [5.74, 6) is -0.0932. The first-order valence-electron chi connectivity index (χ1n) is 14.3. The van der Waals surface area contributed by atoms with Crippen LogP contribution < -0.4 is 0 Å². The molecule has 4 atom stereocenters. The van der Waals surface area contributed by atoms with Gasteiger partial charge >= 0.3 is 0 Å². The molecular weight excluding hydrogens is 589 g/mol. The van der Waals surface area contributed by atoms with Crippen molar-refractivity contribution in [3.63, 3.8) is 0 Å². The lowest BCUT2D eigenvalue weighted by molar-refractivity contribution is -0.141. The zero-order chi connectivity index (χ0) is 30.5. The topological polar surface area (TPSA) is 59.5 Å². The Morgan fingerprint density at radius 2 is 1.60 bits per heavy atom. The molecule has 1 saturated heterocycles. The fourth-order valence-electron chi connectivity index (χ4n) is 6.51. The van der Waals surface area contributed by atoms with Crippen molar-refractivity contribution in [1.29, 1.82) is 0 Å². The SMILES string of the molecule is CC(C)C1=C(C(=O)N2[C@H](CN(C)C)CC[C@H]2C(=O)N(C)C)SC2=N[C@@](C)(c3ccc(Cl)cc3)[C@@H](c3ccc(Cl)cc3)N21. The molecular formula is C32H39Cl2N5O2S. The Morgan fingerprint density at radius 1 is 1.00 bits per heavy atom. The van der Waals surface area contributed by atoms with Gasteiger partial charge in [0, 0.05) is 42.4 Å². The summed E-state index contributed by atoms with van der Waals surface area (Å²) < 4.78 is 0. The number of fused-ring (bicyclic) bond motifs is 1. The fraction of sp³-hybridized carbons (Fsp3) is 0.469. The normalized spacial score (nSPS) is 25.5. The standard InChI is InChI=1S/C32H39Cl2N5O2S/c1-19(2)26-27(30(41)38-24(18-36(4)5)16-17-25(38)29(40)37(6)7)42-31-35-32(3,21-10-14-23(34)15-11-21)28(39(26)31)20-8-12-22(33)13-9-20/h8-15,19,24-25,28H,16-18H2,1-7H3/t24-,25-,28+,32-/m0/s1. The van der Waals surface area contributed by atoms with Crippen molar-refractivity contribution in [3.8, 4) is 0 Å². The van der Waals surface area contributed by atoms with Crippen molar-refractivity contribution < 1.29 is 9.59 Å². The molecule has 3 aliphatic rings. The van der Waals surface area contributed by atoms with Gasteiger partial charge in [0.1, 0.15) is 16.5 Å². The highest BCUT2D eigenvalue weighted by Gasteiger charge is 2.54. The van der Waals surface area contributed by atoms with Gasteiger partial charge < -0.3 is 19.6 Å². The van der Waals surface area contributed by atoms with Crippen LogP contribution in [0.4, 0.5) is 0 Å². The second-order valence-electron chi connectivity index (χ2n) is 12.3. The van der Waals surface area contributed by atoms with Crippen LogP contribution >= 0.6 is 35.0 Å². The van der Waals surface area contributed by atoms with E-state index in [9.17, 15) is 9.59 Å². The molecule has 5 rings (SSSR count). The number of likely N-dealkylation sites (N-methyl/N-ethyl adjacent to an activating group) is 2. The maximum Gasteiger partial charge on any atom is 0.263 e. The van der Waals surface area contributed by atoms with E-state index in [1.165, 1.54) is 11.8 Å². The molecule has 0 bridgehead atoms. The third kappa shape index (κ3) is 5.47. The van der Waals surface area contributed by atoms with Gasteiger partial charge in [-0.1, -0.05) is 61.3 Å². The molecule has 0 saturated carbocycles. The average Bonchev–Trinajstić information content (AvgIpc) is 3.58. The van der Waals surface area contributed by atoms with Crippen LogP contribution in [-0.4, -0.2) is 83.4 Å². The van der Waals surface area contributed by atoms with E-state index >= 15 is 0 Å². The first-order chi connectivity index (χ1) is 19.8. The van der Waals surface area contributed by atoms with Crippen molar-refractivity contribution in [1.82, 2.24) is 19.6 Å².